The minimum absolute atomic E-state index is 0.876. The fraction of sp³-hybridized carbons (Fsp3) is 0.520. The molecule has 0 radical (unpaired) electrons. The summed E-state index contributed by atoms with van der Waals surface area (Å²) in [5.41, 5.74) is 4.84. The molecular formula is C25H46N2O2Si4. The molecule has 0 heterocycles. The van der Waals surface area contributed by atoms with Gasteiger partial charge in [0.05, 0.1) is 11.4 Å². The number of benzene rings is 2. The van der Waals surface area contributed by atoms with E-state index in [1.807, 2.05) is 0 Å². The minimum atomic E-state index is -1.69. The Morgan fingerprint density at radius 3 is 1.15 bits per heavy atom. The predicted octanol–water partition coefficient (Wildman–Crippen LogP) is 8.20. The molecule has 0 aliphatic carbocycles. The summed E-state index contributed by atoms with van der Waals surface area (Å²) >= 11 is 0. The van der Waals surface area contributed by atoms with Crippen LogP contribution in [0, 0.1) is 0 Å². The topological polar surface area (TPSA) is 42.5 Å². The van der Waals surface area contributed by atoms with E-state index in [2.05, 4.69) is 125 Å². The highest BCUT2D eigenvalue weighted by Crippen LogP contribution is 2.33. The second kappa shape index (κ2) is 10.0. The van der Waals surface area contributed by atoms with Gasteiger partial charge in [-0.2, -0.15) is 0 Å². The SMILES string of the molecule is C[Si](C)(C)Nc1cc(Cc2ccc(O[Si](C)(C)C)c(N[Si](C)(C)C)c2)ccc1O[Si](C)(C)C. The highest BCUT2D eigenvalue weighted by molar-refractivity contribution is 6.79. The van der Waals surface area contributed by atoms with Gasteiger partial charge in [0.1, 0.15) is 28.0 Å². The van der Waals surface area contributed by atoms with E-state index >= 15 is 0 Å². The summed E-state index contributed by atoms with van der Waals surface area (Å²) in [6.45, 7) is 27.3. The van der Waals surface area contributed by atoms with Gasteiger partial charge in [0, 0.05) is 0 Å². The quantitative estimate of drug-likeness (QED) is 0.311. The Labute approximate surface area is 206 Å². The van der Waals surface area contributed by atoms with E-state index in [1.54, 1.807) is 0 Å². The van der Waals surface area contributed by atoms with E-state index in [4.69, 9.17) is 8.85 Å². The Morgan fingerprint density at radius 1 is 0.545 bits per heavy atom. The molecule has 0 spiro atoms. The van der Waals surface area contributed by atoms with E-state index < -0.39 is 33.1 Å². The molecule has 4 nitrogen and oxygen atoms in total. The smallest absolute Gasteiger partial charge is 0.242 e. The summed E-state index contributed by atoms with van der Waals surface area (Å²) in [6, 6.07) is 13.3. The number of hydrogen-bond acceptors (Lipinski definition) is 4. The lowest BCUT2D eigenvalue weighted by Gasteiger charge is -2.27. The summed E-state index contributed by atoms with van der Waals surface area (Å²) in [5.74, 6) is 1.97. The first-order valence-corrected chi connectivity index (χ1v) is 25.8. The molecule has 8 heteroatoms. The van der Waals surface area contributed by atoms with E-state index in [0.717, 1.165) is 29.3 Å². The van der Waals surface area contributed by atoms with E-state index in [9.17, 15) is 0 Å². The monoisotopic (exact) mass is 518 g/mol. The Hall–Kier alpha value is -1.49. The normalized spacial score (nSPS) is 13.0. The van der Waals surface area contributed by atoms with Gasteiger partial charge in [-0.15, -0.1) is 0 Å². The Bertz CT molecular complexity index is 875. The van der Waals surface area contributed by atoms with Crippen molar-refractivity contribution in [3.8, 4) is 11.5 Å². The molecule has 0 aliphatic heterocycles. The molecule has 2 aromatic carbocycles. The zero-order valence-corrected chi connectivity index (χ0v) is 27.0. The van der Waals surface area contributed by atoms with Crippen molar-refractivity contribution in [2.75, 3.05) is 9.96 Å². The molecule has 2 N–H and O–H groups in total. The van der Waals surface area contributed by atoms with Gasteiger partial charge >= 0.3 is 0 Å². The molecule has 0 bridgehead atoms. The summed E-state index contributed by atoms with van der Waals surface area (Å²) in [5, 5.41) is 0. The second-order valence-electron chi connectivity index (χ2n) is 13.0. The van der Waals surface area contributed by atoms with Crippen molar-refractivity contribution in [3.05, 3.63) is 47.5 Å². The highest BCUT2D eigenvalue weighted by Gasteiger charge is 2.23. The average molecular weight is 519 g/mol. The van der Waals surface area contributed by atoms with Crippen LogP contribution in [0.1, 0.15) is 11.1 Å². The van der Waals surface area contributed by atoms with Crippen molar-refractivity contribution in [3.63, 3.8) is 0 Å². The molecule has 0 saturated carbocycles. The van der Waals surface area contributed by atoms with Gasteiger partial charge < -0.3 is 18.8 Å². The highest BCUT2D eigenvalue weighted by atomic mass is 28.4. The van der Waals surface area contributed by atoms with Crippen LogP contribution in [0.4, 0.5) is 11.4 Å². The molecule has 2 rings (SSSR count). The molecule has 0 aliphatic rings. The first-order valence-electron chi connectivity index (χ1n) is 12.0. The van der Waals surface area contributed by atoms with Gasteiger partial charge in [-0.1, -0.05) is 51.4 Å². The zero-order chi connectivity index (χ0) is 25.2. The first kappa shape index (κ1) is 27.7. The largest absolute Gasteiger partial charge is 0.543 e. The summed E-state index contributed by atoms with van der Waals surface area (Å²) < 4.78 is 12.8. The Morgan fingerprint density at radius 2 is 0.879 bits per heavy atom. The van der Waals surface area contributed by atoms with Gasteiger partial charge in [0.25, 0.3) is 0 Å². The molecule has 0 saturated heterocycles. The van der Waals surface area contributed by atoms with Crippen LogP contribution in [0.5, 0.6) is 11.5 Å². The van der Waals surface area contributed by atoms with E-state index in [-0.39, 0.29) is 0 Å². The van der Waals surface area contributed by atoms with Crippen LogP contribution in [-0.4, -0.2) is 33.1 Å². The maximum Gasteiger partial charge on any atom is 0.242 e. The van der Waals surface area contributed by atoms with Crippen LogP contribution in [0.15, 0.2) is 36.4 Å². The van der Waals surface area contributed by atoms with Gasteiger partial charge in [-0.25, -0.2) is 0 Å². The third-order valence-corrected chi connectivity index (χ3v) is 8.05. The van der Waals surface area contributed by atoms with Gasteiger partial charge in [-0.3, -0.25) is 0 Å². The summed E-state index contributed by atoms with van der Waals surface area (Å²) in [6.07, 6.45) is 0.876. The van der Waals surface area contributed by atoms with Crippen LogP contribution in [0.2, 0.25) is 78.6 Å². The molecule has 184 valence electrons. The standard InChI is InChI=1S/C25H46N2O2Si4/c1-30(2,3)26-22-18-20(13-15-24(22)28-32(7,8)9)17-21-14-16-25(29-33(10,11)12)23(19-21)27-31(4,5)6/h13-16,18-19,26-27H,17H2,1-12H3. The molecule has 0 atom stereocenters. The third-order valence-electron chi connectivity index (χ3n) is 4.35. The Balaban J connectivity index is 2.40. The lowest BCUT2D eigenvalue weighted by atomic mass is 10.0. The van der Waals surface area contributed by atoms with Gasteiger partial charge in [-0.05, 0) is 81.1 Å². The van der Waals surface area contributed by atoms with Gasteiger partial charge in [0.2, 0.25) is 16.6 Å². The fourth-order valence-electron chi connectivity index (χ4n) is 3.45. The van der Waals surface area contributed by atoms with Crippen LogP contribution in [-0.2, 0) is 6.42 Å². The van der Waals surface area contributed by atoms with Crippen molar-refractivity contribution < 1.29 is 8.85 Å². The van der Waals surface area contributed by atoms with Crippen molar-refractivity contribution >= 4 is 44.5 Å². The number of anilines is 2. The lowest BCUT2D eigenvalue weighted by molar-refractivity contribution is 0.559. The maximum absolute atomic E-state index is 6.40. The number of hydrogen-bond donors (Lipinski definition) is 2. The molecule has 0 amide bonds. The molecular weight excluding hydrogens is 473 g/mol. The van der Waals surface area contributed by atoms with Crippen molar-refractivity contribution in [2.24, 2.45) is 0 Å². The number of nitrogens with one attached hydrogen (secondary N) is 2. The van der Waals surface area contributed by atoms with Crippen molar-refractivity contribution in [2.45, 2.75) is 85.0 Å². The predicted molar refractivity (Wildman–Crippen MR) is 158 cm³/mol. The summed E-state index contributed by atoms with van der Waals surface area (Å²) in [4.78, 5) is 7.58. The van der Waals surface area contributed by atoms with Crippen LogP contribution in [0.3, 0.4) is 0 Å². The third kappa shape index (κ3) is 10.5. The molecule has 0 aromatic heterocycles. The van der Waals surface area contributed by atoms with Crippen molar-refractivity contribution in [1.29, 1.82) is 0 Å². The molecule has 33 heavy (non-hydrogen) atoms. The minimum Gasteiger partial charge on any atom is -0.543 e. The van der Waals surface area contributed by atoms with Crippen LogP contribution in [0.25, 0.3) is 0 Å². The fourth-order valence-corrected chi connectivity index (χ4v) is 7.13. The second-order valence-corrected chi connectivity index (χ2v) is 31.4. The first-order chi connectivity index (χ1) is 14.8. The van der Waals surface area contributed by atoms with Crippen LogP contribution >= 0.6 is 0 Å². The average Bonchev–Trinajstić information content (AvgIpc) is 2.54. The molecule has 0 fully saturated rings. The van der Waals surface area contributed by atoms with Crippen LogP contribution < -0.4 is 18.8 Å². The maximum atomic E-state index is 6.40. The Kier molecular flexibility index (Phi) is 8.42. The molecule has 0 unspecified atom stereocenters. The van der Waals surface area contributed by atoms with Crippen molar-refractivity contribution in [1.82, 2.24) is 0 Å². The van der Waals surface area contributed by atoms with E-state index in [1.165, 1.54) is 11.1 Å². The zero-order valence-electron chi connectivity index (χ0n) is 23.0. The van der Waals surface area contributed by atoms with Gasteiger partial charge in [0.15, 0.2) is 0 Å². The lowest BCUT2D eigenvalue weighted by Crippen LogP contribution is -2.34. The number of rotatable bonds is 10. The van der Waals surface area contributed by atoms with E-state index in [0.29, 0.717) is 0 Å². The molecule has 2 aromatic rings. The summed E-state index contributed by atoms with van der Waals surface area (Å²) in [7, 11) is -6.42.